The van der Waals surface area contributed by atoms with Gasteiger partial charge >= 0.3 is 0 Å². The van der Waals surface area contributed by atoms with Crippen molar-refractivity contribution in [3.63, 3.8) is 0 Å². The zero-order chi connectivity index (χ0) is 32.6. The first-order valence-corrected chi connectivity index (χ1v) is 15.6. The van der Waals surface area contributed by atoms with Crippen LogP contribution >= 0.6 is 11.6 Å². The van der Waals surface area contributed by atoms with Crippen molar-refractivity contribution in [2.45, 2.75) is 39.3 Å². The molecule has 11 nitrogen and oxygen atoms in total. The number of nitrogens with zero attached hydrogens (tertiary/aromatic N) is 5. The molecule has 12 heteroatoms. The summed E-state index contributed by atoms with van der Waals surface area (Å²) in [5.74, 6) is 0.701. The van der Waals surface area contributed by atoms with Crippen molar-refractivity contribution in [3.05, 3.63) is 76.7 Å². The quantitative estimate of drug-likeness (QED) is 0.169. The molecule has 3 heterocycles. The van der Waals surface area contributed by atoms with Gasteiger partial charge in [0.1, 0.15) is 24.2 Å². The number of hydrogen-bond donors (Lipinski definition) is 2. The molecule has 1 aliphatic rings. The summed E-state index contributed by atoms with van der Waals surface area (Å²) >= 11 is 6.61. The van der Waals surface area contributed by atoms with E-state index in [0.29, 0.717) is 88.0 Å². The largest absolute Gasteiger partial charge is 0.492 e. The number of likely N-dealkylation sites (N-methyl/N-ethyl adjacent to an activating group) is 1. The van der Waals surface area contributed by atoms with Crippen LogP contribution in [0.15, 0.2) is 54.7 Å². The number of nitriles is 1. The van der Waals surface area contributed by atoms with Crippen molar-refractivity contribution in [2.24, 2.45) is 7.05 Å². The number of hydrogen-bond acceptors (Lipinski definition) is 9. The minimum atomic E-state index is -0.294. The molecule has 1 atom stereocenters. The van der Waals surface area contributed by atoms with E-state index in [1.54, 1.807) is 28.9 Å². The Morgan fingerprint density at radius 1 is 1.24 bits per heavy atom. The number of pyridine rings is 1. The van der Waals surface area contributed by atoms with Crippen LogP contribution in [0.25, 0.3) is 10.9 Å². The number of aromatic nitrogens is 3. The van der Waals surface area contributed by atoms with E-state index in [0.717, 1.165) is 18.7 Å². The SMILES string of the molecule is CCOc1cc2nc(CC)c(C#N)c(Nc3ccc(OCc4ccn(C)n4)c(Cl)c3)c2cc1NC(=O)/C=C/CN(C)[C@@H]1CCOC1. The molecule has 0 spiro atoms. The van der Waals surface area contributed by atoms with Gasteiger partial charge in [0, 0.05) is 55.7 Å². The third kappa shape index (κ3) is 7.77. The van der Waals surface area contributed by atoms with Gasteiger partial charge in [-0.1, -0.05) is 24.6 Å². The maximum Gasteiger partial charge on any atom is 0.248 e. The molecule has 2 aromatic heterocycles. The Bertz CT molecular complexity index is 1780. The van der Waals surface area contributed by atoms with Crippen LogP contribution in [-0.2, 0) is 29.6 Å². The highest BCUT2D eigenvalue weighted by Gasteiger charge is 2.20. The molecule has 0 radical (unpaired) electrons. The fourth-order valence-corrected chi connectivity index (χ4v) is 5.51. The highest BCUT2D eigenvalue weighted by molar-refractivity contribution is 6.32. The van der Waals surface area contributed by atoms with Crippen molar-refractivity contribution < 1.29 is 19.0 Å². The van der Waals surface area contributed by atoms with Crippen molar-refractivity contribution in [1.82, 2.24) is 19.7 Å². The van der Waals surface area contributed by atoms with E-state index in [9.17, 15) is 10.1 Å². The molecule has 5 rings (SSSR count). The Balaban J connectivity index is 1.43. The van der Waals surface area contributed by atoms with Gasteiger partial charge in [0.25, 0.3) is 0 Å². The molecule has 0 unspecified atom stereocenters. The zero-order valence-electron chi connectivity index (χ0n) is 26.5. The van der Waals surface area contributed by atoms with Crippen LogP contribution < -0.4 is 20.1 Å². The summed E-state index contributed by atoms with van der Waals surface area (Å²) in [5.41, 5.74) is 4.12. The number of nitrogens with one attached hydrogen (secondary N) is 2. The zero-order valence-corrected chi connectivity index (χ0v) is 27.2. The summed E-state index contributed by atoms with van der Waals surface area (Å²) < 4.78 is 19.0. The number of fused-ring (bicyclic) bond motifs is 1. The van der Waals surface area contributed by atoms with Crippen LogP contribution in [-0.4, -0.2) is 65.0 Å². The summed E-state index contributed by atoms with van der Waals surface area (Å²) in [6.45, 7) is 6.59. The first kappa shape index (κ1) is 32.8. The standard InChI is InChI=1S/C34H38ClN7O4/c1-5-28-26(19-36)34(37-22-9-10-31(27(35)16-22)46-20-23-11-14-42(4)40-23)25-17-30(32(45-6-2)18-29(25)38-28)39-33(43)8-7-13-41(3)24-12-15-44-21-24/h7-11,14,16-18,24H,5-6,12-13,15,20-21H2,1-4H3,(H,37,38)(H,39,43)/b8-7+/t24-/m1/s1. The molecule has 2 aromatic carbocycles. The number of carbonyl (C=O) groups is 1. The van der Waals surface area contributed by atoms with Gasteiger partial charge in [0.2, 0.25) is 5.91 Å². The second-order valence-electron chi connectivity index (χ2n) is 11.0. The van der Waals surface area contributed by atoms with Crippen LogP contribution in [0.3, 0.4) is 0 Å². The van der Waals surface area contributed by atoms with Gasteiger partial charge in [-0.05, 0) is 57.1 Å². The van der Waals surface area contributed by atoms with Gasteiger partial charge in [-0.15, -0.1) is 0 Å². The van der Waals surface area contributed by atoms with E-state index >= 15 is 0 Å². The van der Waals surface area contributed by atoms with E-state index < -0.39 is 0 Å². The Labute approximate surface area is 273 Å². The summed E-state index contributed by atoms with van der Waals surface area (Å²) in [7, 11) is 3.87. The third-order valence-electron chi connectivity index (χ3n) is 7.70. The van der Waals surface area contributed by atoms with Crippen LogP contribution in [0.1, 0.15) is 37.2 Å². The maximum atomic E-state index is 13.0. The Hall–Kier alpha value is -4.63. The number of benzene rings is 2. The highest BCUT2D eigenvalue weighted by atomic mass is 35.5. The number of amides is 1. The average molecular weight is 644 g/mol. The predicted molar refractivity (Wildman–Crippen MR) is 179 cm³/mol. The number of halogens is 1. The lowest BCUT2D eigenvalue weighted by molar-refractivity contribution is -0.111. The van der Waals surface area contributed by atoms with Gasteiger partial charge in [0.15, 0.2) is 0 Å². The van der Waals surface area contributed by atoms with Crippen molar-refractivity contribution in [2.75, 3.05) is 44.0 Å². The molecular formula is C34H38ClN7O4. The Kier molecular flexibility index (Phi) is 10.8. The lowest BCUT2D eigenvalue weighted by Gasteiger charge is -2.20. The number of carbonyl (C=O) groups excluding carboxylic acids is 1. The molecule has 46 heavy (non-hydrogen) atoms. The van der Waals surface area contributed by atoms with E-state index in [1.807, 2.05) is 52.3 Å². The lowest BCUT2D eigenvalue weighted by atomic mass is 10.0. The van der Waals surface area contributed by atoms with E-state index in [2.05, 4.69) is 26.7 Å². The minimum absolute atomic E-state index is 0.277. The van der Waals surface area contributed by atoms with Crippen LogP contribution in [0.4, 0.5) is 17.1 Å². The van der Waals surface area contributed by atoms with Gasteiger partial charge in [-0.3, -0.25) is 19.4 Å². The monoisotopic (exact) mass is 643 g/mol. The average Bonchev–Trinajstić information content (AvgIpc) is 3.73. The molecule has 0 bridgehead atoms. The predicted octanol–water partition coefficient (Wildman–Crippen LogP) is 5.99. The molecule has 1 saturated heterocycles. The number of ether oxygens (including phenoxy) is 3. The van der Waals surface area contributed by atoms with Gasteiger partial charge < -0.3 is 24.8 Å². The molecule has 2 N–H and O–H groups in total. The number of rotatable bonds is 13. The highest BCUT2D eigenvalue weighted by Crippen LogP contribution is 2.38. The second-order valence-corrected chi connectivity index (χ2v) is 11.4. The first-order chi connectivity index (χ1) is 22.3. The summed E-state index contributed by atoms with van der Waals surface area (Å²) in [5, 5.41) is 21.9. The fraction of sp³-hybridized carbons (Fsp3) is 0.353. The molecule has 0 aliphatic carbocycles. The Morgan fingerprint density at radius 2 is 2.09 bits per heavy atom. The lowest BCUT2D eigenvalue weighted by Crippen LogP contribution is -2.32. The molecular weight excluding hydrogens is 606 g/mol. The minimum Gasteiger partial charge on any atom is -0.492 e. The van der Waals surface area contributed by atoms with Crippen molar-refractivity contribution in [1.29, 1.82) is 5.26 Å². The summed E-state index contributed by atoms with van der Waals surface area (Å²) in [4.78, 5) is 20.0. The van der Waals surface area contributed by atoms with Crippen molar-refractivity contribution >= 4 is 45.5 Å². The fourth-order valence-electron chi connectivity index (χ4n) is 5.27. The molecule has 1 fully saturated rings. The molecule has 0 saturated carbocycles. The maximum absolute atomic E-state index is 13.0. The molecule has 1 aliphatic heterocycles. The van der Waals surface area contributed by atoms with Crippen LogP contribution in [0.2, 0.25) is 5.02 Å². The second kappa shape index (κ2) is 15.1. The number of anilines is 3. The first-order valence-electron chi connectivity index (χ1n) is 15.3. The number of aryl methyl sites for hydroxylation is 2. The van der Waals surface area contributed by atoms with Gasteiger partial charge in [0.05, 0.1) is 52.1 Å². The van der Waals surface area contributed by atoms with Crippen LogP contribution in [0.5, 0.6) is 11.5 Å². The van der Waals surface area contributed by atoms with Gasteiger partial charge in [-0.25, -0.2) is 0 Å². The van der Waals surface area contributed by atoms with E-state index in [-0.39, 0.29) is 12.5 Å². The van der Waals surface area contributed by atoms with E-state index in [1.165, 1.54) is 6.08 Å². The van der Waals surface area contributed by atoms with Gasteiger partial charge in [-0.2, -0.15) is 10.4 Å². The molecule has 240 valence electrons. The Morgan fingerprint density at radius 3 is 2.76 bits per heavy atom. The molecule has 4 aromatic rings. The smallest absolute Gasteiger partial charge is 0.248 e. The van der Waals surface area contributed by atoms with Crippen molar-refractivity contribution in [3.8, 4) is 17.6 Å². The topological polar surface area (TPSA) is 127 Å². The normalized spacial score (nSPS) is 14.6. The van der Waals surface area contributed by atoms with E-state index in [4.69, 9.17) is 30.8 Å². The van der Waals surface area contributed by atoms with Crippen LogP contribution in [0, 0.1) is 11.3 Å². The summed E-state index contributed by atoms with van der Waals surface area (Å²) in [6.07, 6.45) is 6.73. The molecule has 1 amide bonds. The third-order valence-corrected chi connectivity index (χ3v) is 8.00. The summed E-state index contributed by atoms with van der Waals surface area (Å²) in [6, 6.07) is 13.5.